The summed E-state index contributed by atoms with van der Waals surface area (Å²) in [5.74, 6) is 0. The minimum absolute atomic E-state index is 0.237. The molecule has 44 heavy (non-hydrogen) atoms. The van der Waals surface area contributed by atoms with E-state index in [1.54, 1.807) is 0 Å². The molecule has 4 heteroatoms. The molecule has 0 unspecified atom stereocenters. The second kappa shape index (κ2) is 11.1. The summed E-state index contributed by atoms with van der Waals surface area (Å²) in [6.07, 6.45) is 6.64. The highest BCUT2D eigenvalue weighted by Gasteiger charge is 2.16. The van der Waals surface area contributed by atoms with Gasteiger partial charge in [-0.25, -0.2) is 9.97 Å². The fourth-order valence-corrected chi connectivity index (χ4v) is 6.51. The normalized spacial score (nSPS) is 13.2. The minimum atomic E-state index is 0.237. The van der Waals surface area contributed by atoms with Gasteiger partial charge in [-0.05, 0) is 77.0 Å². The fourth-order valence-electron chi connectivity index (χ4n) is 6.33. The number of rotatable bonds is 5. The van der Waals surface area contributed by atoms with E-state index in [1.165, 1.54) is 38.6 Å². The predicted molar refractivity (Wildman–Crippen MR) is 184 cm³/mol. The first-order valence-corrected chi connectivity index (χ1v) is 15.3. The van der Waals surface area contributed by atoms with Crippen molar-refractivity contribution in [3.05, 3.63) is 156 Å². The minimum Gasteiger partial charge on any atom is -0.313 e. The second-order valence-corrected chi connectivity index (χ2v) is 11.5. The summed E-state index contributed by atoms with van der Waals surface area (Å²) >= 11 is 6.49. The maximum Gasteiger partial charge on any atom is 0.223 e. The Labute approximate surface area is 261 Å². The van der Waals surface area contributed by atoms with Crippen molar-refractivity contribution in [3.63, 3.8) is 0 Å². The first-order chi connectivity index (χ1) is 21.7. The van der Waals surface area contributed by atoms with Crippen LogP contribution < -0.4 is 0 Å². The van der Waals surface area contributed by atoms with Gasteiger partial charge in [0.1, 0.15) is 0 Å². The zero-order valence-corrected chi connectivity index (χ0v) is 24.7. The molecule has 2 heterocycles. The number of hydrogen-bond donors (Lipinski definition) is 0. The van der Waals surface area contributed by atoms with Crippen LogP contribution in [0.15, 0.2) is 146 Å². The Hall–Kier alpha value is -5.25. The van der Waals surface area contributed by atoms with Crippen molar-refractivity contribution in [2.24, 2.45) is 0 Å². The third-order valence-electron chi connectivity index (χ3n) is 8.43. The van der Waals surface area contributed by atoms with E-state index >= 15 is 0 Å². The van der Waals surface area contributed by atoms with Crippen LogP contribution in [0.25, 0.3) is 66.7 Å². The van der Waals surface area contributed by atoms with Crippen LogP contribution in [0.5, 0.6) is 0 Å². The molecule has 0 radical (unpaired) electrons. The van der Waals surface area contributed by atoms with Gasteiger partial charge >= 0.3 is 0 Å². The van der Waals surface area contributed by atoms with E-state index in [4.69, 9.17) is 11.6 Å². The molecule has 1 aliphatic carbocycles. The molecule has 0 atom stereocenters. The average molecular weight is 586 g/mol. The van der Waals surface area contributed by atoms with Gasteiger partial charge < -0.3 is 4.57 Å². The molecule has 2 aromatic heterocycles. The Morgan fingerprint density at radius 3 is 1.82 bits per heavy atom. The topological polar surface area (TPSA) is 30.7 Å². The van der Waals surface area contributed by atoms with Crippen molar-refractivity contribution in [3.8, 4) is 33.6 Å². The largest absolute Gasteiger partial charge is 0.313 e. The van der Waals surface area contributed by atoms with Gasteiger partial charge in [0.25, 0.3) is 0 Å². The molecule has 0 aliphatic heterocycles. The molecule has 3 nitrogen and oxygen atoms in total. The monoisotopic (exact) mass is 585 g/mol. The van der Waals surface area contributed by atoms with Crippen molar-refractivity contribution in [2.75, 3.05) is 0 Å². The molecule has 0 saturated carbocycles. The number of halogens is 1. The quantitative estimate of drug-likeness (QED) is 0.188. The highest BCUT2D eigenvalue weighted by Crippen LogP contribution is 2.37. The Morgan fingerprint density at radius 1 is 0.523 bits per heavy atom. The van der Waals surface area contributed by atoms with E-state index in [9.17, 15) is 0 Å². The summed E-state index contributed by atoms with van der Waals surface area (Å²) in [4.78, 5) is 9.18. The van der Waals surface area contributed by atoms with Crippen molar-refractivity contribution < 1.29 is 0 Å². The third kappa shape index (κ3) is 4.82. The molecule has 0 N–H and O–H groups in total. The molecule has 1 aliphatic rings. The van der Waals surface area contributed by atoms with Crippen LogP contribution in [0, 0.1) is 0 Å². The van der Waals surface area contributed by atoms with Gasteiger partial charge in [0.15, 0.2) is 0 Å². The Kier molecular flexibility index (Phi) is 6.66. The van der Waals surface area contributed by atoms with E-state index in [0.29, 0.717) is 0 Å². The summed E-state index contributed by atoms with van der Waals surface area (Å²) in [7, 11) is 0. The summed E-state index contributed by atoms with van der Waals surface area (Å²) < 4.78 is 2.43. The second-order valence-electron chi connectivity index (χ2n) is 11.1. The molecule has 0 fully saturated rings. The smallest absolute Gasteiger partial charge is 0.223 e. The average Bonchev–Trinajstić information content (AvgIpc) is 3.43. The number of aromatic nitrogens is 3. The van der Waals surface area contributed by atoms with Crippen LogP contribution in [0.2, 0.25) is 5.28 Å². The Balaban J connectivity index is 1.14. The maximum absolute atomic E-state index is 6.49. The highest BCUT2D eigenvalue weighted by atomic mass is 35.5. The summed E-state index contributed by atoms with van der Waals surface area (Å²) in [5, 5.41) is 2.81. The standard InChI is InChI=1S/C40H28ClN3/c41-40-42-36(29-22-20-28(21-23-29)27-10-2-1-3-11-27)26-37(43-40)32-14-8-12-30(24-32)31-13-9-15-33(25-31)44-38-18-6-4-16-34(38)35-17-5-7-19-39(35)44/h1-8,10-14,16-26H,9,15H2. The van der Waals surface area contributed by atoms with E-state index < -0.39 is 0 Å². The number of fused-ring (bicyclic) bond motifs is 3. The number of nitrogens with zero attached hydrogens (tertiary/aromatic N) is 3. The molecular formula is C40H28ClN3. The Bertz CT molecular complexity index is 2170. The molecule has 210 valence electrons. The van der Waals surface area contributed by atoms with Crippen LogP contribution in [-0.4, -0.2) is 14.5 Å². The van der Waals surface area contributed by atoms with Crippen molar-refractivity contribution >= 4 is 44.7 Å². The fraction of sp³-hybridized carbons (Fsp3) is 0.0500. The van der Waals surface area contributed by atoms with Gasteiger partial charge in [-0.1, -0.05) is 115 Å². The summed E-state index contributed by atoms with van der Waals surface area (Å²) in [6.45, 7) is 0. The molecule has 7 aromatic rings. The predicted octanol–water partition coefficient (Wildman–Crippen LogP) is 11.0. The molecule has 0 amide bonds. The SMILES string of the molecule is Clc1nc(-c2ccc(-c3ccccc3)cc2)cc(-c2cccc(C3=CCCC(n4c5ccccc5c5ccccc54)=C3)c2)n1. The lowest BCUT2D eigenvalue weighted by Crippen LogP contribution is -2.01. The number of allylic oxidation sites excluding steroid dienone is 4. The van der Waals surface area contributed by atoms with E-state index in [0.717, 1.165) is 46.5 Å². The molecule has 8 rings (SSSR count). The molecule has 0 saturated heterocycles. The van der Waals surface area contributed by atoms with Crippen molar-refractivity contribution in [1.82, 2.24) is 14.5 Å². The first-order valence-electron chi connectivity index (χ1n) is 14.9. The zero-order valence-electron chi connectivity index (χ0n) is 24.0. The first kappa shape index (κ1) is 26.4. The van der Waals surface area contributed by atoms with Crippen LogP contribution in [0.3, 0.4) is 0 Å². The maximum atomic E-state index is 6.49. The van der Waals surface area contributed by atoms with Gasteiger partial charge in [-0.3, -0.25) is 0 Å². The lowest BCUT2D eigenvalue weighted by molar-refractivity contribution is 0.982. The lowest BCUT2D eigenvalue weighted by Gasteiger charge is -2.18. The number of benzene rings is 5. The third-order valence-corrected chi connectivity index (χ3v) is 8.60. The summed E-state index contributed by atoms with van der Waals surface area (Å²) in [5.41, 5.74) is 12.1. The molecule has 0 bridgehead atoms. The number of para-hydroxylation sites is 2. The lowest BCUT2D eigenvalue weighted by atomic mass is 9.95. The van der Waals surface area contributed by atoms with Crippen molar-refractivity contribution in [2.45, 2.75) is 12.8 Å². The van der Waals surface area contributed by atoms with E-state index in [1.807, 2.05) is 12.1 Å². The van der Waals surface area contributed by atoms with Crippen LogP contribution in [-0.2, 0) is 0 Å². The zero-order chi connectivity index (χ0) is 29.5. The van der Waals surface area contributed by atoms with Crippen molar-refractivity contribution in [1.29, 1.82) is 0 Å². The molecule has 5 aromatic carbocycles. The number of hydrogen-bond acceptors (Lipinski definition) is 2. The van der Waals surface area contributed by atoms with E-state index in [2.05, 4.69) is 148 Å². The molecular weight excluding hydrogens is 558 g/mol. The van der Waals surface area contributed by atoms with Gasteiger partial charge in [-0.2, -0.15) is 0 Å². The van der Waals surface area contributed by atoms with E-state index in [-0.39, 0.29) is 5.28 Å². The van der Waals surface area contributed by atoms with Gasteiger partial charge in [-0.15, -0.1) is 0 Å². The highest BCUT2D eigenvalue weighted by molar-refractivity contribution is 6.28. The van der Waals surface area contributed by atoms with Crippen LogP contribution >= 0.6 is 11.6 Å². The van der Waals surface area contributed by atoms with Gasteiger partial charge in [0.05, 0.1) is 22.4 Å². The van der Waals surface area contributed by atoms with Crippen LogP contribution in [0.4, 0.5) is 0 Å². The Morgan fingerprint density at radius 2 is 1.09 bits per heavy atom. The van der Waals surface area contributed by atoms with Gasteiger partial charge in [0, 0.05) is 27.6 Å². The van der Waals surface area contributed by atoms with Crippen LogP contribution in [0.1, 0.15) is 18.4 Å². The molecule has 0 spiro atoms. The summed E-state index contributed by atoms with van der Waals surface area (Å²) in [6, 6.07) is 46.8. The van der Waals surface area contributed by atoms with Gasteiger partial charge in [0.2, 0.25) is 5.28 Å².